The van der Waals surface area contributed by atoms with E-state index in [1.54, 1.807) is 25.2 Å². The Morgan fingerprint density at radius 2 is 1.81 bits per heavy atom. The molecule has 0 aliphatic rings. The van der Waals surface area contributed by atoms with E-state index in [1.165, 1.54) is 10.9 Å². The number of nitro benzene ring substituents is 1. The van der Waals surface area contributed by atoms with Gasteiger partial charge in [0, 0.05) is 21.1 Å². The van der Waals surface area contributed by atoms with Crippen LogP contribution in [0.5, 0.6) is 0 Å². The molecule has 2 aromatic carbocycles. The number of fused-ring (bicyclic) bond motifs is 1. The number of benzene rings is 2. The first-order chi connectivity index (χ1) is 10.1. The van der Waals surface area contributed by atoms with Gasteiger partial charge in [0.05, 0.1) is 10.3 Å². The molecule has 0 fully saturated rings. The molecule has 0 saturated heterocycles. The second-order valence-corrected chi connectivity index (χ2v) is 4.45. The Bertz CT molecular complexity index is 834. The quantitative estimate of drug-likeness (QED) is 0.452. The van der Waals surface area contributed by atoms with Gasteiger partial charge in [-0.05, 0) is 18.2 Å². The van der Waals surface area contributed by atoms with Crippen molar-refractivity contribution in [2.24, 2.45) is 7.05 Å². The zero-order chi connectivity index (χ0) is 14.8. The second kappa shape index (κ2) is 5.12. The Labute approximate surface area is 120 Å². The van der Waals surface area contributed by atoms with Gasteiger partial charge in [0.25, 0.3) is 5.69 Å². The van der Waals surface area contributed by atoms with E-state index >= 15 is 0 Å². The summed E-state index contributed by atoms with van der Waals surface area (Å²) < 4.78 is 0. The van der Waals surface area contributed by atoms with Crippen LogP contribution in [0.1, 0.15) is 0 Å². The Kier molecular flexibility index (Phi) is 3.15. The summed E-state index contributed by atoms with van der Waals surface area (Å²) in [6.07, 6.45) is 0. The van der Waals surface area contributed by atoms with Crippen molar-refractivity contribution in [1.82, 2.24) is 10.2 Å². The lowest BCUT2D eigenvalue weighted by Crippen LogP contribution is -2.37. The summed E-state index contributed by atoms with van der Waals surface area (Å²) in [5.41, 5.74) is 1.16. The number of aryl methyl sites for hydroxylation is 1. The first-order valence-corrected chi connectivity index (χ1v) is 6.29. The summed E-state index contributed by atoms with van der Waals surface area (Å²) in [4.78, 5) is 12.1. The van der Waals surface area contributed by atoms with Crippen molar-refractivity contribution in [3.05, 3.63) is 58.6 Å². The van der Waals surface area contributed by atoms with Gasteiger partial charge in [0.1, 0.15) is 11.2 Å². The molecule has 7 heteroatoms. The highest BCUT2D eigenvalue weighted by Gasteiger charge is 2.16. The van der Waals surface area contributed by atoms with Crippen molar-refractivity contribution in [2.75, 3.05) is 5.32 Å². The Morgan fingerprint density at radius 1 is 1.10 bits per heavy atom. The van der Waals surface area contributed by atoms with Crippen LogP contribution in [0.2, 0.25) is 0 Å². The fraction of sp³-hybridized carbons (Fsp3) is 0.0714. The van der Waals surface area contributed by atoms with E-state index < -0.39 is 4.92 Å². The van der Waals surface area contributed by atoms with Gasteiger partial charge in [0.2, 0.25) is 5.82 Å². The molecule has 0 bridgehead atoms. The summed E-state index contributed by atoms with van der Waals surface area (Å²) in [5, 5.41) is 23.4. The molecular formula is C14H12N5O2+. The fourth-order valence-electron chi connectivity index (χ4n) is 2.10. The van der Waals surface area contributed by atoms with Gasteiger partial charge in [-0.15, -0.1) is 0 Å². The molecule has 0 atom stereocenters. The Balaban J connectivity index is 2.13. The third-order valence-electron chi connectivity index (χ3n) is 3.01. The van der Waals surface area contributed by atoms with Crippen LogP contribution in [0.3, 0.4) is 0 Å². The van der Waals surface area contributed by atoms with Crippen LogP contribution < -0.4 is 10.1 Å². The molecule has 1 heterocycles. The number of nitrogens with one attached hydrogen (secondary N) is 1. The number of para-hydroxylation sites is 2. The molecule has 1 N–H and O–H groups in total. The van der Waals surface area contributed by atoms with Crippen LogP contribution in [0.4, 0.5) is 17.2 Å². The fourth-order valence-corrected chi connectivity index (χ4v) is 2.10. The van der Waals surface area contributed by atoms with Crippen molar-refractivity contribution in [3.8, 4) is 0 Å². The summed E-state index contributed by atoms with van der Waals surface area (Å²) in [6, 6.07) is 13.9. The average molecular weight is 282 g/mol. The van der Waals surface area contributed by atoms with Crippen molar-refractivity contribution in [2.45, 2.75) is 0 Å². The van der Waals surface area contributed by atoms with Crippen LogP contribution in [0, 0.1) is 10.1 Å². The van der Waals surface area contributed by atoms with Crippen LogP contribution >= 0.6 is 0 Å². The lowest BCUT2D eigenvalue weighted by atomic mass is 10.2. The summed E-state index contributed by atoms with van der Waals surface area (Å²) >= 11 is 0. The zero-order valence-electron chi connectivity index (χ0n) is 11.2. The van der Waals surface area contributed by atoms with E-state index in [4.69, 9.17) is 0 Å². The van der Waals surface area contributed by atoms with Crippen LogP contribution in [-0.2, 0) is 7.05 Å². The van der Waals surface area contributed by atoms with Gasteiger partial charge in [-0.25, -0.2) is 0 Å². The Hall–Kier alpha value is -3.09. The second-order valence-electron chi connectivity index (χ2n) is 4.45. The predicted molar refractivity (Wildman–Crippen MR) is 77.1 cm³/mol. The zero-order valence-corrected chi connectivity index (χ0v) is 11.2. The van der Waals surface area contributed by atoms with E-state index in [1.807, 2.05) is 24.3 Å². The van der Waals surface area contributed by atoms with Gasteiger partial charge in [0.15, 0.2) is 7.05 Å². The van der Waals surface area contributed by atoms with Crippen LogP contribution in [0.25, 0.3) is 10.9 Å². The monoisotopic (exact) mass is 282 g/mol. The van der Waals surface area contributed by atoms with Crippen molar-refractivity contribution < 1.29 is 9.72 Å². The molecular weight excluding hydrogens is 270 g/mol. The number of anilines is 2. The minimum absolute atomic E-state index is 0.00264. The summed E-state index contributed by atoms with van der Waals surface area (Å²) in [6.45, 7) is 0. The number of nitro groups is 1. The lowest BCUT2D eigenvalue weighted by molar-refractivity contribution is -0.783. The van der Waals surface area contributed by atoms with Crippen molar-refractivity contribution >= 4 is 28.1 Å². The van der Waals surface area contributed by atoms with E-state index in [9.17, 15) is 10.1 Å². The van der Waals surface area contributed by atoms with Crippen LogP contribution in [0.15, 0.2) is 48.5 Å². The number of rotatable bonds is 3. The molecule has 0 radical (unpaired) electrons. The molecule has 0 saturated carbocycles. The largest absolute Gasteiger partial charge is 0.329 e. The number of hydrogen-bond acceptors (Lipinski definition) is 5. The maximum atomic E-state index is 11.1. The molecule has 3 aromatic rings. The van der Waals surface area contributed by atoms with Crippen LogP contribution in [-0.4, -0.2) is 15.1 Å². The minimum Gasteiger partial charge on any atom is -0.329 e. The molecule has 1 aromatic heterocycles. The van der Waals surface area contributed by atoms with E-state index in [-0.39, 0.29) is 5.69 Å². The highest BCUT2D eigenvalue weighted by molar-refractivity contribution is 5.90. The van der Waals surface area contributed by atoms with Gasteiger partial charge >= 0.3 is 0 Å². The molecule has 21 heavy (non-hydrogen) atoms. The molecule has 0 aliphatic carbocycles. The maximum absolute atomic E-state index is 11.1. The van der Waals surface area contributed by atoms with Gasteiger partial charge in [-0.2, -0.15) is 0 Å². The molecule has 0 unspecified atom stereocenters. The topological polar surface area (TPSA) is 84.8 Å². The SMILES string of the molecule is C[n+]1nc(Nc2ccccc2[N+](=O)[O-])c2ccccc2n1. The molecule has 104 valence electrons. The first kappa shape index (κ1) is 12.9. The van der Waals surface area contributed by atoms with E-state index in [0.717, 1.165) is 10.9 Å². The highest BCUT2D eigenvalue weighted by Crippen LogP contribution is 2.28. The highest BCUT2D eigenvalue weighted by atomic mass is 16.6. The predicted octanol–water partition coefficient (Wildman–Crippen LogP) is 2.11. The normalized spacial score (nSPS) is 10.5. The first-order valence-electron chi connectivity index (χ1n) is 6.29. The van der Waals surface area contributed by atoms with Gasteiger partial charge in [-0.3, -0.25) is 10.1 Å². The number of aromatic nitrogens is 3. The molecule has 0 aliphatic heterocycles. The summed E-state index contributed by atoms with van der Waals surface area (Å²) in [5.74, 6) is 0.525. The molecule has 3 rings (SSSR count). The number of hydrogen-bond donors (Lipinski definition) is 1. The minimum atomic E-state index is -0.425. The van der Waals surface area contributed by atoms with E-state index in [0.29, 0.717) is 11.5 Å². The smallest absolute Gasteiger partial charge is 0.292 e. The Morgan fingerprint density at radius 3 is 2.62 bits per heavy atom. The van der Waals surface area contributed by atoms with Crippen molar-refractivity contribution in [3.63, 3.8) is 0 Å². The number of nitrogens with zero attached hydrogens (tertiary/aromatic N) is 4. The summed E-state index contributed by atoms with van der Waals surface area (Å²) in [7, 11) is 1.71. The van der Waals surface area contributed by atoms with Gasteiger partial charge in [-0.1, -0.05) is 24.3 Å². The van der Waals surface area contributed by atoms with Gasteiger partial charge < -0.3 is 5.32 Å². The maximum Gasteiger partial charge on any atom is 0.292 e. The van der Waals surface area contributed by atoms with E-state index in [2.05, 4.69) is 15.5 Å². The third-order valence-corrected chi connectivity index (χ3v) is 3.01. The molecule has 7 nitrogen and oxygen atoms in total. The molecule has 0 spiro atoms. The molecule has 0 amide bonds. The average Bonchev–Trinajstić information content (AvgIpc) is 2.47. The standard InChI is InChI=1S/C14H12N5O2/c1-18-16-11-7-3-2-6-10(11)14(17-18)15-12-8-4-5-9-13(12)19(20)21/h2-9H,1H3,(H,15,16,17)/q+1. The lowest BCUT2D eigenvalue weighted by Gasteiger charge is -2.06. The third kappa shape index (κ3) is 2.48. The van der Waals surface area contributed by atoms with Crippen molar-refractivity contribution in [1.29, 1.82) is 0 Å².